The average Bonchev–Trinajstić information content (AvgIpc) is 2.09. The standard InChI is InChI=1S/C9H11Br2NO/c10-6-1-2-8(11)7(5-6)9(13)3-4-12/h1-2,5,9,13H,3-4,12H2. The molecule has 1 aromatic rings. The Morgan fingerprint density at radius 1 is 1.38 bits per heavy atom. The minimum atomic E-state index is -0.489. The lowest BCUT2D eigenvalue weighted by Crippen LogP contribution is -2.07. The molecule has 4 heteroatoms. The van der Waals surface area contributed by atoms with Crippen molar-refractivity contribution in [3.05, 3.63) is 32.7 Å². The van der Waals surface area contributed by atoms with E-state index in [1.807, 2.05) is 18.2 Å². The molecule has 0 amide bonds. The number of rotatable bonds is 3. The Balaban J connectivity index is 2.91. The van der Waals surface area contributed by atoms with E-state index >= 15 is 0 Å². The molecule has 0 aromatic heterocycles. The molecule has 1 rings (SSSR count). The second kappa shape index (κ2) is 5.10. The van der Waals surface area contributed by atoms with E-state index in [1.165, 1.54) is 0 Å². The van der Waals surface area contributed by atoms with E-state index in [1.54, 1.807) is 0 Å². The van der Waals surface area contributed by atoms with Gasteiger partial charge in [0.15, 0.2) is 0 Å². The Morgan fingerprint density at radius 3 is 2.69 bits per heavy atom. The monoisotopic (exact) mass is 307 g/mol. The SMILES string of the molecule is NCCC(O)c1cc(Br)ccc1Br. The van der Waals surface area contributed by atoms with Crippen LogP contribution >= 0.6 is 31.9 Å². The highest BCUT2D eigenvalue weighted by molar-refractivity contribution is 9.11. The molecule has 0 aliphatic rings. The third kappa shape index (κ3) is 3.06. The third-order valence-corrected chi connectivity index (χ3v) is 2.97. The third-order valence-electron chi connectivity index (χ3n) is 1.76. The summed E-state index contributed by atoms with van der Waals surface area (Å²) in [5, 5.41) is 9.69. The van der Waals surface area contributed by atoms with E-state index in [-0.39, 0.29) is 0 Å². The lowest BCUT2D eigenvalue weighted by molar-refractivity contribution is 0.169. The molecule has 1 aromatic carbocycles. The first-order valence-electron chi connectivity index (χ1n) is 3.98. The second-order valence-electron chi connectivity index (χ2n) is 2.76. The van der Waals surface area contributed by atoms with Crippen LogP contribution in [0.5, 0.6) is 0 Å². The molecule has 1 atom stereocenters. The summed E-state index contributed by atoms with van der Waals surface area (Å²) < 4.78 is 1.87. The van der Waals surface area contributed by atoms with Crippen LogP contribution in [0.25, 0.3) is 0 Å². The van der Waals surface area contributed by atoms with Gasteiger partial charge in [-0.05, 0) is 36.7 Å². The molecule has 3 N–H and O–H groups in total. The molecule has 2 nitrogen and oxygen atoms in total. The van der Waals surface area contributed by atoms with Crippen LogP contribution in [-0.4, -0.2) is 11.7 Å². The van der Waals surface area contributed by atoms with E-state index in [0.29, 0.717) is 13.0 Å². The first-order valence-corrected chi connectivity index (χ1v) is 5.57. The van der Waals surface area contributed by atoms with Crippen LogP contribution in [-0.2, 0) is 0 Å². The van der Waals surface area contributed by atoms with Gasteiger partial charge in [-0.15, -0.1) is 0 Å². The summed E-state index contributed by atoms with van der Waals surface area (Å²) in [5.41, 5.74) is 6.24. The Kier molecular flexibility index (Phi) is 4.38. The molecule has 1 unspecified atom stereocenters. The lowest BCUT2D eigenvalue weighted by Gasteiger charge is -2.11. The van der Waals surface area contributed by atoms with Gasteiger partial charge in [0.2, 0.25) is 0 Å². The van der Waals surface area contributed by atoms with Gasteiger partial charge in [0, 0.05) is 8.95 Å². The van der Waals surface area contributed by atoms with Crippen LogP contribution < -0.4 is 5.73 Å². The molecule has 0 aliphatic carbocycles. The summed E-state index contributed by atoms with van der Waals surface area (Å²) in [6.07, 6.45) is 0.0894. The number of aliphatic hydroxyl groups is 1. The molecular formula is C9H11Br2NO. The summed E-state index contributed by atoms with van der Waals surface area (Å²) in [6, 6.07) is 5.71. The number of aliphatic hydroxyl groups excluding tert-OH is 1. The van der Waals surface area contributed by atoms with Gasteiger partial charge >= 0.3 is 0 Å². The largest absolute Gasteiger partial charge is 0.388 e. The number of hydrogen-bond donors (Lipinski definition) is 2. The maximum atomic E-state index is 9.69. The summed E-state index contributed by atoms with van der Waals surface area (Å²) >= 11 is 6.73. The van der Waals surface area contributed by atoms with Crippen LogP contribution in [0.2, 0.25) is 0 Å². The predicted molar refractivity (Wildman–Crippen MR) is 60.5 cm³/mol. The van der Waals surface area contributed by atoms with E-state index in [0.717, 1.165) is 14.5 Å². The summed E-state index contributed by atoms with van der Waals surface area (Å²) in [6.45, 7) is 0.486. The zero-order chi connectivity index (χ0) is 9.84. The van der Waals surface area contributed by atoms with E-state index in [2.05, 4.69) is 31.9 Å². The van der Waals surface area contributed by atoms with Gasteiger partial charge in [-0.2, -0.15) is 0 Å². The van der Waals surface area contributed by atoms with Crippen molar-refractivity contribution < 1.29 is 5.11 Å². The highest BCUT2D eigenvalue weighted by atomic mass is 79.9. The molecule has 0 spiro atoms. The zero-order valence-electron chi connectivity index (χ0n) is 7.00. The van der Waals surface area contributed by atoms with Crippen molar-refractivity contribution in [2.75, 3.05) is 6.54 Å². The summed E-state index contributed by atoms with van der Waals surface area (Å²) in [4.78, 5) is 0. The fourth-order valence-corrected chi connectivity index (χ4v) is 1.97. The van der Waals surface area contributed by atoms with Crippen LogP contribution in [0.3, 0.4) is 0 Å². The smallest absolute Gasteiger partial charge is 0.0813 e. The highest BCUT2D eigenvalue weighted by Crippen LogP contribution is 2.28. The zero-order valence-corrected chi connectivity index (χ0v) is 10.2. The van der Waals surface area contributed by atoms with Gasteiger partial charge in [0.25, 0.3) is 0 Å². The van der Waals surface area contributed by atoms with Crippen LogP contribution in [0.1, 0.15) is 18.1 Å². The quantitative estimate of drug-likeness (QED) is 0.901. The van der Waals surface area contributed by atoms with Gasteiger partial charge in [-0.3, -0.25) is 0 Å². The fourth-order valence-electron chi connectivity index (χ4n) is 1.08. The van der Waals surface area contributed by atoms with Gasteiger partial charge in [-0.1, -0.05) is 31.9 Å². The maximum absolute atomic E-state index is 9.69. The summed E-state index contributed by atoms with van der Waals surface area (Å²) in [7, 11) is 0. The van der Waals surface area contributed by atoms with Crippen molar-refractivity contribution >= 4 is 31.9 Å². The number of halogens is 2. The highest BCUT2D eigenvalue weighted by Gasteiger charge is 2.10. The molecule has 72 valence electrons. The average molecular weight is 309 g/mol. The van der Waals surface area contributed by atoms with Crippen molar-refractivity contribution in [1.82, 2.24) is 0 Å². The van der Waals surface area contributed by atoms with Gasteiger partial charge < -0.3 is 10.8 Å². The van der Waals surface area contributed by atoms with E-state index < -0.39 is 6.10 Å². The van der Waals surface area contributed by atoms with Crippen LogP contribution in [0, 0.1) is 0 Å². The molecular weight excluding hydrogens is 298 g/mol. The lowest BCUT2D eigenvalue weighted by atomic mass is 10.1. The Bertz CT molecular complexity index is 291. The molecule has 13 heavy (non-hydrogen) atoms. The minimum Gasteiger partial charge on any atom is -0.388 e. The first-order chi connectivity index (χ1) is 6.15. The minimum absolute atomic E-state index is 0.486. The molecule has 0 radical (unpaired) electrons. The first kappa shape index (κ1) is 11.2. The Labute approximate surface area is 94.4 Å². The predicted octanol–water partition coefficient (Wildman–Crippen LogP) is 2.59. The molecule has 0 saturated carbocycles. The van der Waals surface area contributed by atoms with Crippen molar-refractivity contribution in [3.63, 3.8) is 0 Å². The summed E-state index contributed by atoms with van der Waals surface area (Å²) in [5.74, 6) is 0. The second-order valence-corrected chi connectivity index (χ2v) is 4.53. The van der Waals surface area contributed by atoms with Gasteiger partial charge in [-0.25, -0.2) is 0 Å². The van der Waals surface area contributed by atoms with Crippen LogP contribution in [0.15, 0.2) is 27.1 Å². The van der Waals surface area contributed by atoms with Crippen molar-refractivity contribution in [2.24, 2.45) is 5.73 Å². The van der Waals surface area contributed by atoms with Crippen molar-refractivity contribution in [3.8, 4) is 0 Å². The maximum Gasteiger partial charge on any atom is 0.0813 e. The normalized spacial score (nSPS) is 12.9. The number of hydrogen-bond acceptors (Lipinski definition) is 2. The Hall–Kier alpha value is 0.1000. The molecule has 0 aliphatic heterocycles. The molecule has 0 bridgehead atoms. The number of benzene rings is 1. The van der Waals surface area contributed by atoms with E-state index in [9.17, 15) is 5.11 Å². The topological polar surface area (TPSA) is 46.2 Å². The Morgan fingerprint density at radius 2 is 2.08 bits per heavy atom. The van der Waals surface area contributed by atoms with E-state index in [4.69, 9.17) is 5.73 Å². The van der Waals surface area contributed by atoms with Gasteiger partial charge in [0.1, 0.15) is 0 Å². The van der Waals surface area contributed by atoms with Gasteiger partial charge in [0.05, 0.1) is 6.10 Å². The fraction of sp³-hybridized carbons (Fsp3) is 0.333. The number of nitrogens with two attached hydrogens (primary N) is 1. The molecule has 0 fully saturated rings. The van der Waals surface area contributed by atoms with Crippen molar-refractivity contribution in [1.29, 1.82) is 0 Å². The molecule has 0 heterocycles. The molecule has 0 saturated heterocycles. The van der Waals surface area contributed by atoms with Crippen LogP contribution in [0.4, 0.5) is 0 Å². The van der Waals surface area contributed by atoms with Crippen molar-refractivity contribution in [2.45, 2.75) is 12.5 Å².